The molecule has 0 aliphatic heterocycles. The molecule has 0 unspecified atom stereocenters. The van der Waals surface area contributed by atoms with Crippen molar-refractivity contribution in [1.82, 2.24) is 0 Å². The van der Waals surface area contributed by atoms with Gasteiger partial charge in [-0.15, -0.1) is 11.3 Å². The van der Waals surface area contributed by atoms with Gasteiger partial charge in [0.15, 0.2) is 0 Å². The van der Waals surface area contributed by atoms with Gasteiger partial charge in [0.1, 0.15) is 0 Å². The smallest absolute Gasteiger partial charge is 0.0449 e. The highest BCUT2D eigenvalue weighted by molar-refractivity contribution is 14.1. The number of hydrogen-bond donors (Lipinski definition) is 0. The lowest BCUT2D eigenvalue weighted by Crippen LogP contribution is -1.85. The first-order valence-corrected chi connectivity index (χ1v) is 8.05. The summed E-state index contributed by atoms with van der Waals surface area (Å²) in [5.74, 6) is 0. The van der Waals surface area contributed by atoms with Gasteiger partial charge in [0, 0.05) is 28.8 Å². The summed E-state index contributed by atoms with van der Waals surface area (Å²) in [6, 6.07) is 6.46. The zero-order chi connectivity index (χ0) is 13.0. The second-order valence-corrected chi connectivity index (χ2v) is 7.17. The van der Waals surface area contributed by atoms with Gasteiger partial charge in [-0.3, -0.25) is 0 Å². The van der Waals surface area contributed by atoms with Crippen LogP contribution in [0.5, 0.6) is 0 Å². The predicted molar refractivity (Wildman–Crippen MR) is 91.3 cm³/mol. The summed E-state index contributed by atoms with van der Waals surface area (Å²) in [6.07, 6.45) is 0. The maximum atomic E-state index is 6.22. The van der Waals surface area contributed by atoms with Crippen molar-refractivity contribution in [3.8, 4) is 0 Å². The van der Waals surface area contributed by atoms with Crippen molar-refractivity contribution in [2.24, 2.45) is 0 Å². The van der Waals surface area contributed by atoms with Crippen LogP contribution in [0.3, 0.4) is 0 Å². The predicted octanol–water partition coefficient (Wildman–Crippen LogP) is 6.24. The Hall–Kier alpha value is -0.320. The minimum atomic E-state index is 0.859. The van der Waals surface area contributed by atoms with E-state index < -0.39 is 0 Å². The van der Waals surface area contributed by atoms with Crippen LogP contribution >= 0.6 is 45.5 Å². The molecule has 0 fully saturated rings. The van der Waals surface area contributed by atoms with Crippen molar-refractivity contribution < 1.29 is 0 Å². The van der Waals surface area contributed by atoms with Gasteiger partial charge in [-0.2, -0.15) is 0 Å². The van der Waals surface area contributed by atoms with Crippen LogP contribution in [0.15, 0.2) is 18.2 Å². The van der Waals surface area contributed by atoms with Gasteiger partial charge in [0.05, 0.1) is 0 Å². The molecule has 0 aliphatic carbocycles. The van der Waals surface area contributed by atoms with Crippen molar-refractivity contribution in [2.45, 2.75) is 20.8 Å². The van der Waals surface area contributed by atoms with Crippen molar-refractivity contribution in [3.05, 3.63) is 43.5 Å². The molecule has 0 atom stereocenters. The summed E-state index contributed by atoms with van der Waals surface area (Å²) in [5, 5.41) is 3.56. The molecular formula is C15H12ClIS. The zero-order valence-electron chi connectivity index (χ0n) is 10.4. The standard InChI is InChI=1S/C15H12ClIS/c1-7-6-11-10-4-5-12(16)8(2)14(10)18-15(11)9(3)13(7)17/h4-6H,1-3H3. The first-order chi connectivity index (χ1) is 8.50. The second kappa shape index (κ2) is 4.36. The fourth-order valence-corrected chi connectivity index (χ4v) is 4.50. The molecule has 0 saturated heterocycles. The van der Waals surface area contributed by atoms with Crippen molar-refractivity contribution >= 4 is 65.7 Å². The summed E-state index contributed by atoms with van der Waals surface area (Å²) in [4.78, 5) is 0. The van der Waals surface area contributed by atoms with Gasteiger partial charge in [-0.05, 0) is 72.2 Å². The zero-order valence-corrected chi connectivity index (χ0v) is 14.1. The lowest BCUT2D eigenvalue weighted by atomic mass is 10.1. The third kappa shape index (κ3) is 1.69. The molecule has 0 bridgehead atoms. The monoisotopic (exact) mass is 386 g/mol. The van der Waals surface area contributed by atoms with Crippen LogP contribution in [0, 0.1) is 24.3 Å². The van der Waals surface area contributed by atoms with Crippen molar-refractivity contribution in [2.75, 3.05) is 0 Å². The maximum Gasteiger partial charge on any atom is 0.0449 e. The van der Waals surface area contributed by atoms with Crippen LogP contribution < -0.4 is 0 Å². The van der Waals surface area contributed by atoms with Crippen LogP contribution in [0.2, 0.25) is 5.02 Å². The summed E-state index contributed by atoms with van der Waals surface area (Å²) < 4.78 is 4.09. The minimum Gasteiger partial charge on any atom is -0.135 e. The molecule has 0 aliphatic rings. The molecule has 0 spiro atoms. The van der Waals surface area contributed by atoms with E-state index >= 15 is 0 Å². The van der Waals surface area contributed by atoms with Crippen LogP contribution in [0.4, 0.5) is 0 Å². The Labute approximate surface area is 129 Å². The molecule has 1 aromatic heterocycles. The molecule has 0 radical (unpaired) electrons. The average Bonchev–Trinajstić information content (AvgIpc) is 2.71. The molecule has 2 aromatic carbocycles. The highest BCUT2D eigenvalue weighted by Gasteiger charge is 2.13. The van der Waals surface area contributed by atoms with Gasteiger partial charge >= 0.3 is 0 Å². The second-order valence-electron chi connectivity index (χ2n) is 4.66. The Morgan fingerprint density at radius 1 is 1.00 bits per heavy atom. The Morgan fingerprint density at radius 3 is 2.39 bits per heavy atom. The van der Waals surface area contributed by atoms with Crippen LogP contribution in [0.25, 0.3) is 20.2 Å². The molecule has 3 heteroatoms. The van der Waals surface area contributed by atoms with Crippen molar-refractivity contribution in [3.63, 3.8) is 0 Å². The Balaban J connectivity index is 2.59. The number of halogens is 2. The molecular weight excluding hydrogens is 375 g/mol. The molecule has 0 nitrogen and oxygen atoms in total. The van der Waals surface area contributed by atoms with Gasteiger partial charge in [-0.25, -0.2) is 0 Å². The molecule has 18 heavy (non-hydrogen) atoms. The Morgan fingerprint density at radius 2 is 1.67 bits per heavy atom. The highest BCUT2D eigenvalue weighted by Crippen LogP contribution is 2.41. The average molecular weight is 387 g/mol. The minimum absolute atomic E-state index is 0.859. The Bertz CT molecular complexity index is 786. The summed E-state index contributed by atoms with van der Waals surface area (Å²) >= 11 is 10.5. The summed E-state index contributed by atoms with van der Waals surface area (Å²) in [7, 11) is 0. The topological polar surface area (TPSA) is 0 Å². The largest absolute Gasteiger partial charge is 0.135 e. The van der Waals surface area contributed by atoms with E-state index in [9.17, 15) is 0 Å². The first kappa shape index (κ1) is 12.7. The van der Waals surface area contributed by atoms with Crippen LogP contribution in [-0.2, 0) is 0 Å². The van der Waals surface area contributed by atoms with Gasteiger partial charge < -0.3 is 0 Å². The van der Waals surface area contributed by atoms with E-state index in [1.54, 1.807) is 0 Å². The lowest BCUT2D eigenvalue weighted by Gasteiger charge is -2.04. The Kier molecular flexibility index (Phi) is 3.07. The summed E-state index contributed by atoms with van der Waals surface area (Å²) in [5.41, 5.74) is 3.94. The van der Waals surface area contributed by atoms with Gasteiger partial charge in [0.25, 0.3) is 0 Å². The third-order valence-corrected chi connectivity index (χ3v) is 6.99. The SMILES string of the molecule is Cc1cc2c(sc3c(C)c(Cl)ccc32)c(C)c1I. The normalized spacial score (nSPS) is 11.6. The number of aryl methyl sites for hydroxylation is 3. The highest BCUT2D eigenvalue weighted by atomic mass is 127. The van der Waals surface area contributed by atoms with Crippen molar-refractivity contribution in [1.29, 1.82) is 0 Å². The van der Waals surface area contributed by atoms with Gasteiger partial charge in [0.2, 0.25) is 0 Å². The number of benzene rings is 2. The van der Waals surface area contributed by atoms with E-state index in [1.807, 2.05) is 17.4 Å². The lowest BCUT2D eigenvalue weighted by molar-refractivity contribution is 1.39. The number of thiophene rings is 1. The van der Waals surface area contributed by atoms with E-state index in [0.717, 1.165) is 5.02 Å². The number of rotatable bonds is 0. The molecule has 92 valence electrons. The third-order valence-electron chi connectivity index (χ3n) is 3.46. The van der Waals surface area contributed by atoms with Crippen LogP contribution in [0.1, 0.15) is 16.7 Å². The number of hydrogen-bond acceptors (Lipinski definition) is 1. The first-order valence-electron chi connectivity index (χ1n) is 5.77. The molecule has 1 heterocycles. The van der Waals surface area contributed by atoms with E-state index in [0.29, 0.717) is 0 Å². The van der Waals surface area contributed by atoms with Crippen LogP contribution in [-0.4, -0.2) is 0 Å². The molecule has 0 N–H and O–H groups in total. The van der Waals surface area contributed by atoms with E-state index in [2.05, 4.69) is 55.5 Å². The fourth-order valence-electron chi connectivity index (χ4n) is 2.39. The molecule has 3 rings (SSSR count). The van der Waals surface area contributed by atoms with E-state index in [4.69, 9.17) is 11.6 Å². The summed E-state index contributed by atoms with van der Waals surface area (Å²) in [6.45, 7) is 6.50. The quantitative estimate of drug-likeness (QED) is 0.401. The fraction of sp³-hybridized carbons (Fsp3) is 0.200. The van der Waals surface area contributed by atoms with Gasteiger partial charge in [-0.1, -0.05) is 17.7 Å². The molecule has 0 amide bonds. The maximum absolute atomic E-state index is 6.22. The van der Waals surface area contributed by atoms with E-state index in [-0.39, 0.29) is 0 Å². The molecule has 0 saturated carbocycles. The van der Waals surface area contributed by atoms with E-state index in [1.165, 1.54) is 40.4 Å². The number of fused-ring (bicyclic) bond motifs is 3. The molecule has 3 aromatic rings.